The normalized spacial score (nSPS) is 10.5. The summed E-state index contributed by atoms with van der Waals surface area (Å²) in [5.74, 6) is 0.667. The maximum Gasteiger partial charge on any atom is 1.00 e. The molecule has 1 unspecified atom stereocenters. The molecule has 7 heteroatoms. The quantitative estimate of drug-likeness (QED) is 0.232. The maximum atomic E-state index is 8.56. The third-order valence-electron chi connectivity index (χ3n) is 0.542. The molecule has 0 aromatic heterocycles. The van der Waals surface area contributed by atoms with Gasteiger partial charge in [0.2, 0.25) is 0 Å². The first-order chi connectivity index (χ1) is 4.65. The van der Waals surface area contributed by atoms with Gasteiger partial charge in [-0.3, -0.25) is 0 Å². The average molecular weight is 213 g/mol. The minimum absolute atomic E-state index is 0. The zero-order valence-electron chi connectivity index (χ0n) is 6.33. The molecule has 0 aliphatic carbocycles. The van der Waals surface area contributed by atoms with Crippen molar-refractivity contribution >= 4 is 23.0 Å². The van der Waals surface area contributed by atoms with Crippen molar-refractivity contribution in [2.45, 2.75) is 12.8 Å². The molecule has 2 N–H and O–H groups in total. The monoisotopic (exact) mass is 212 g/mol. The van der Waals surface area contributed by atoms with Crippen LogP contribution in [-0.2, 0) is 11.4 Å². The minimum atomic E-state index is -2.86. The molecule has 0 saturated carbocycles. The summed E-state index contributed by atoms with van der Waals surface area (Å²) in [4.78, 5) is 0. The Balaban J connectivity index is -0.000000114. The zero-order valence-corrected chi connectivity index (χ0v) is 9.90. The van der Waals surface area contributed by atoms with E-state index in [-0.39, 0.29) is 36.2 Å². The van der Waals surface area contributed by atoms with Gasteiger partial charge in [-0.05, 0) is 12.8 Å². The molecular weight excluding hydrogens is 203 g/mol. The van der Waals surface area contributed by atoms with Crippen LogP contribution in [0.25, 0.3) is 0 Å². The van der Waals surface area contributed by atoms with Crippen LogP contribution in [0.2, 0.25) is 0 Å². The van der Waals surface area contributed by atoms with E-state index in [2.05, 4.69) is 0 Å². The number of alkyl halides is 1. The Morgan fingerprint density at radius 3 is 1.91 bits per heavy atom. The molecule has 64 valence electrons. The molecule has 0 fully saturated rings. The Morgan fingerprint density at radius 2 is 1.82 bits per heavy atom. The van der Waals surface area contributed by atoms with Crippen LogP contribution in [-0.4, -0.2) is 30.9 Å². The predicted octanol–water partition coefficient (Wildman–Crippen LogP) is -2.66. The molecule has 0 aliphatic heterocycles. The molecule has 0 rings (SSSR count). The van der Waals surface area contributed by atoms with Crippen molar-refractivity contribution in [1.82, 2.24) is 0 Å². The van der Waals surface area contributed by atoms with Gasteiger partial charge in [0.25, 0.3) is 0 Å². The van der Waals surface area contributed by atoms with Crippen LogP contribution >= 0.6 is 11.6 Å². The third-order valence-corrected chi connectivity index (χ3v) is 0.809. The molecule has 0 amide bonds. The summed E-state index contributed by atoms with van der Waals surface area (Å²) in [6.45, 7) is 0.271. The molecule has 0 radical (unpaired) electrons. The molecule has 11 heavy (non-hydrogen) atoms. The average Bonchev–Trinajstić information content (AvgIpc) is 1.82. The van der Waals surface area contributed by atoms with Crippen LogP contribution in [0.5, 0.6) is 0 Å². The van der Waals surface area contributed by atoms with Gasteiger partial charge in [-0.25, -0.2) is 4.21 Å². The van der Waals surface area contributed by atoms with Crippen molar-refractivity contribution in [3.63, 3.8) is 0 Å². The van der Waals surface area contributed by atoms with Crippen molar-refractivity contribution < 1.29 is 48.0 Å². The molecule has 0 saturated heterocycles. The Bertz CT molecular complexity index is 76.5. The fourth-order valence-corrected chi connectivity index (χ4v) is 0.395. The second-order valence-corrected chi connectivity index (χ2v) is 2.15. The number of halogens is 1. The van der Waals surface area contributed by atoms with Gasteiger partial charge < -0.3 is 14.2 Å². The number of aliphatic hydroxyl groups is 1. The van der Waals surface area contributed by atoms with E-state index >= 15 is 0 Å². The van der Waals surface area contributed by atoms with Crippen LogP contribution in [0.4, 0.5) is 0 Å². The first-order valence-corrected chi connectivity index (χ1v) is 4.17. The van der Waals surface area contributed by atoms with E-state index in [1.54, 1.807) is 0 Å². The van der Waals surface area contributed by atoms with Crippen LogP contribution in [0.1, 0.15) is 12.8 Å². The van der Waals surface area contributed by atoms with E-state index in [0.29, 0.717) is 5.88 Å². The Labute approximate surface area is 95.7 Å². The summed E-state index contributed by atoms with van der Waals surface area (Å²) in [5.41, 5.74) is 0. The fraction of sp³-hybridized carbons (Fsp3) is 1.00. The SMILES string of the molecule is O=S([O-])O.OCCCCCl.[Na+]. The van der Waals surface area contributed by atoms with Gasteiger partial charge in [-0.2, -0.15) is 0 Å². The Hall–Kier alpha value is 1.32. The Kier molecular flexibility index (Phi) is 28.8. The molecule has 0 bridgehead atoms. The van der Waals surface area contributed by atoms with Crippen LogP contribution in [0.3, 0.4) is 0 Å². The standard InChI is InChI=1S/C4H9ClO.Na.H2O3S/c5-3-1-2-4-6;;1-4(2)3/h6H,1-4H2;;(H2,1,2,3)/q;+1;/p-1. The van der Waals surface area contributed by atoms with E-state index in [9.17, 15) is 0 Å². The second-order valence-electron chi connectivity index (χ2n) is 1.34. The molecule has 0 aromatic carbocycles. The fourth-order valence-electron chi connectivity index (χ4n) is 0.206. The van der Waals surface area contributed by atoms with E-state index in [1.807, 2.05) is 0 Å². The zero-order chi connectivity index (χ0) is 8.41. The van der Waals surface area contributed by atoms with Gasteiger partial charge in [-0.1, -0.05) is 0 Å². The molecule has 0 aliphatic rings. The first-order valence-electron chi connectivity index (χ1n) is 2.60. The van der Waals surface area contributed by atoms with Crippen LogP contribution < -0.4 is 29.6 Å². The molecule has 0 spiro atoms. The van der Waals surface area contributed by atoms with Crippen LogP contribution in [0, 0.1) is 0 Å². The number of unbranched alkanes of at least 4 members (excludes halogenated alkanes) is 1. The molecular formula is C4H10ClNaO4S. The summed E-state index contributed by atoms with van der Waals surface area (Å²) in [6.07, 6.45) is 1.77. The third kappa shape index (κ3) is 52.7. The number of aliphatic hydroxyl groups excluding tert-OH is 1. The number of hydrogen-bond acceptors (Lipinski definition) is 3. The van der Waals surface area contributed by atoms with Crippen molar-refractivity contribution in [1.29, 1.82) is 0 Å². The summed E-state index contributed by atoms with van der Waals surface area (Å²) in [7, 11) is 0. The van der Waals surface area contributed by atoms with Gasteiger partial charge in [0.1, 0.15) is 0 Å². The van der Waals surface area contributed by atoms with Crippen molar-refractivity contribution in [2.75, 3.05) is 12.5 Å². The van der Waals surface area contributed by atoms with Crippen molar-refractivity contribution in [3.05, 3.63) is 0 Å². The Morgan fingerprint density at radius 1 is 1.45 bits per heavy atom. The van der Waals surface area contributed by atoms with Crippen molar-refractivity contribution in [3.8, 4) is 0 Å². The summed E-state index contributed by atoms with van der Waals surface area (Å²) < 4.78 is 24.1. The molecule has 0 heterocycles. The van der Waals surface area contributed by atoms with Gasteiger partial charge in [-0.15, -0.1) is 11.6 Å². The summed E-state index contributed by atoms with van der Waals surface area (Å²) in [5, 5.41) is 8.14. The van der Waals surface area contributed by atoms with Gasteiger partial charge in [0, 0.05) is 12.5 Å². The van der Waals surface area contributed by atoms with E-state index in [4.69, 9.17) is 30.0 Å². The van der Waals surface area contributed by atoms with E-state index < -0.39 is 11.4 Å². The number of rotatable bonds is 3. The largest absolute Gasteiger partial charge is 1.00 e. The van der Waals surface area contributed by atoms with E-state index in [1.165, 1.54) is 0 Å². The second kappa shape index (κ2) is 17.4. The first kappa shape index (κ1) is 18.2. The van der Waals surface area contributed by atoms with Crippen LogP contribution in [0.15, 0.2) is 0 Å². The molecule has 0 aromatic rings. The van der Waals surface area contributed by atoms with Gasteiger partial charge in [0.05, 0.1) is 11.4 Å². The predicted molar refractivity (Wildman–Crippen MR) is 38.6 cm³/mol. The molecule has 4 nitrogen and oxygen atoms in total. The summed E-state index contributed by atoms with van der Waals surface area (Å²) >= 11 is 2.41. The van der Waals surface area contributed by atoms with E-state index in [0.717, 1.165) is 12.8 Å². The minimum Gasteiger partial charge on any atom is -0.750 e. The van der Waals surface area contributed by atoms with Gasteiger partial charge in [0.15, 0.2) is 0 Å². The summed E-state index contributed by atoms with van der Waals surface area (Å²) in [6, 6.07) is 0. The van der Waals surface area contributed by atoms with Crippen molar-refractivity contribution in [2.24, 2.45) is 0 Å². The topological polar surface area (TPSA) is 80.6 Å². The molecule has 1 atom stereocenters. The number of hydrogen-bond donors (Lipinski definition) is 2. The smallest absolute Gasteiger partial charge is 0.750 e. The van der Waals surface area contributed by atoms with Gasteiger partial charge >= 0.3 is 29.6 Å². The maximum absolute atomic E-state index is 8.56.